The molecule has 1 aromatic rings. The van der Waals surface area contributed by atoms with E-state index in [1.54, 1.807) is 0 Å². The van der Waals surface area contributed by atoms with Gasteiger partial charge in [-0.3, -0.25) is 0 Å². The molecule has 0 aliphatic heterocycles. The maximum atomic E-state index is 6.41. The molecule has 0 spiro atoms. The molecule has 1 aliphatic carbocycles. The topological polar surface area (TPSA) is 26.0 Å². The SMILES string of the molecule is CCC(N)C(SC1CCCC(C)C1)c1ccc(Br)cc1. The van der Waals surface area contributed by atoms with Crippen LogP contribution in [0.5, 0.6) is 0 Å². The number of halogens is 1. The number of nitrogens with two attached hydrogens (primary N) is 1. The highest BCUT2D eigenvalue weighted by atomic mass is 79.9. The molecule has 0 heterocycles. The van der Waals surface area contributed by atoms with E-state index in [9.17, 15) is 0 Å². The van der Waals surface area contributed by atoms with Crippen molar-refractivity contribution < 1.29 is 0 Å². The zero-order chi connectivity index (χ0) is 14.5. The van der Waals surface area contributed by atoms with E-state index < -0.39 is 0 Å². The van der Waals surface area contributed by atoms with Crippen molar-refractivity contribution >= 4 is 27.7 Å². The fourth-order valence-corrected chi connectivity index (χ4v) is 5.13. The van der Waals surface area contributed by atoms with Gasteiger partial charge in [0.05, 0.1) is 0 Å². The highest BCUT2D eigenvalue weighted by molar-refractivity contribution is 9.10. The summed E-state index contributed by atoms with van der Waals surface area (Å²) in [6.45, 7) is 4.59. The van der Waals surface area contributed by atoms with Crippen LogP contribution < -0.4 is 5.73 Å². The lowest BCUT2D eigenvalue weighted by Gasteiger charge is -2.32. The molecule has 4 atom stereocenters. The lowest BCUT2D eigenvalue weighted by Crippen LogP contribution is -2.28. The average Bonchev–Trinajstić information content (AvgIpc) is 2.45. The van der Waals surface area contributed by atoms with Gasteiger partial charge in [-0.1, -0.05) is 54.8 Å². The highest BCUT2D eigenvalue weighted by Gasteiger charge is 2.26. The molecule has 3 heteroatoms. The van der Waals surface area contributed by atoms with E-state index >= 15 is 0 Å². The molecule has 1 nitrogen and oxygen atoms in total. The Morgan fingerprint density at radius 1 is 1.30 bits per heavy atom. The summed E-state index contributed by atoms with van der Waals surface area (Å²) < 4.78 is 1.14. The third-order valence-electron chi connectivity index (χ3n) is 4.29. The zero-order valence-electron chi connectivity index (χ0n) is 12.5. The summed E-state index contributed by atoms with van der Waals surface area (Å²) in [6.07, 6.45) is 6.54. The molecule has 1 aromatic carbocycles. The monoisotopic (exact) mass is 355 g/mol. The van der Waals surface area contributed by atoms with E-state index in [1.165, 1.54) is 31.2 Å². The smallest absolute Gasteiger partial charge is 0.0451 e. The summed E-state index contributed by atoms with van der Waals surface area (Å²) >= 11 is 5.64. The van der Waals surface area contributed by atoms with Crippen LogP contribution in [0.2, 0.25) is 0 Å². The van der Waals surface area contributed by atoms with Crippen molar-refractivity contribution in [2.45, 2.75) is 62.5 Å². The van der Waals surface area contributed by atoms with Gasteiger partial charge in [-0.15, -0.1) is 11.8 Å². The second-order valence-corrected chi connectivity index (χ2v) is 8.44. The van der Waals surface area contributed by atoms with E-state index in [-0.39, 0.29) is 6.04 Å². The minimum absolute atomic E-state index is 0.249. The van der Waals surface area contributed by atoms with E-state index in [1.807, 2.05) is 0 Å². The van der Waals surface area contributed by atoms with Crippen molar-refractivity contribution in [3.8, 4) is 0 Å². The van der Waals surface area contributed by atoms with Gasteiger partial charge in [-0.2, -0.15) is 0 Å². The summed E-state index contributed by atoms with van der Waals surface area (Å²) in [5, 5.41) is 1.22. The number of hydrogen-bond acceptors (Lipinski definition) is 2. The second kappa shape index (κ2) is 7.86. The third kappa shape index (κ3) is 4.51. The standard InChI is InChI=1S/C17H26BrNS/c1-3-16(19)17(13-7-9-14(18)10-8-13)20-15-6-4-5-12(2)11-15/h7-10,12,15-17H,3-6,11,19H2,1-2H3. The summed E-state index contributed by atoms with van der Waals surface area (Å²) in [5.41, 5.74) is 7.79. The van der Waals surface area contributed by atoms with Crippen LogP contribution in [0.25, 0.3) is 0 Å². The van der Waals surface area contributed by atoms with Gasteiger partial charge in [0.25, 0.3) is 0 Å². The summed E-state index contributed by atoms with van der Waals surface area (Å²) in [5.74, 6) is 0.879. The van der Waals surface area contributed by atoms with E-state index in [2.05, 4.69) is 65.8 Å². The first kappa shape index (κ1) is 16.4. The van der Waals surface area contributed by atoms with Gasteiger partial charge in [0.1, 0.15) is 0 Å². The lowest BCUT2D eigenvalue weighted by molar-refractivity contribution is 0.393. The van der Waals surface area contributed by atoms with E-state index in [0.717, 1.165) is 22.1 Å². The first-order valence-electron chi connectivity index (χ1n) is 7.76. The largest absolute Gasteiger partial charge is 0.326 e. The molecule has 20 heavy (non-hydrogen) atoms. The lowest BCUT2D eigenvalue weighted by atomic mass is 9.90. The quantitative estimate of drug-likeness (QED) is 0.750. The molecule has 1 fully saturated rings. The molecule has 2 N–H and O–H groups in total. The Morgan fingerprint density at radius 2 is 2.00 bits per heavy atom. The van der Waals surface area contributed by atoms with Gasteiger partial charge in [0, 0.05) is 21.0 Å². The van der Waals surface area contributed by atoms with Crippen molar-refractivity contribution in [3.63, 3.8) is 0 Å². The molecule has 1 aliphatic rings. The molecule has 112 valence electrons. The molecule has 1 saturated carbocycles. The highest BCUT2D eigenvalue weighted by Crippen LogP contribution is 2.42. The van der Waals surface area contributed by atoms with Gasteiger partial charge in [-0.25, -0.2) is 0 Å². The minimum atomic E-state index is 0.249. The number of hydrogen-bond donors (Lipinski definition) is 1. The molecular weight excluding hydrogens is 330 g/mol. The molecule has 0 radical (unpaired) electrons. The van der Waals surface area contributed by atoms with E-state index in [0.29, 0.717) is 5.25 Å². The van der Waals surface area contributed by atoms with Gasteiger partial charge < -0.3 is 5.73 Å². The Balaban J connectivity index is 2.09. The molecule has 2 rings (SSSR count). The minimum Gasteiger partial charge on any atom is -0.326 e. The summed E-state index contributed by atoms with van der Waals surface area (Å²) in [4.78, 5) is 0. The van der Waals surface area contributed by atoms with Crippen LogP contribution in [-0.2, 0) is 0 Å². The molecule has 0 amide bonds. The fraction of sp³-hybridized carbons (Fsp3) is 0.647. The Kier molecular flexibility index (Phi) is 6.44. The normalized spacial score (nSPS) is 26.2. The molecule has 0 aromatic heterocycles. The van der Waals surface area contributed by atoms with Crippen LogP contribution in [0, 0.1) is 5.92 Å². The molecule has 0 bridgehead atoms. The van der Waals surface area contributed by atoms with Crippen molar-refractivity contribution in [2.75, 3.05) is 0 Å². The van der Waals surface area contributed by atoms with Crippen molar-refractivity contribution in [1.29, 1.82) is 0 Å². The van der Waals surface area contributed by atoms with E-state index in [4.69, 9.17) is 5.73 Å². The van der Waals surface area contributed by atoms with Crippen LogP contribution >= 0.6 is 27.7 Å². The predicted molar refractivity (Wildman–Crippen MR) is 94.2 cm³/mol. The summed E-state index contributed by atoms with van der Waals surface area (Å²) in [7, 11) is 0. The Hall–Kier alpha value is 0.01000. The second-order valence-electron chi connectivity index (χ2n) is 6.07. The van der Waals surface area contributed by atoms with Crippen LogP contribution in [0.3, 0.4) is 0 Å². The maximum absolute atomic E-state index is 6.41. The predicted octanol–water partition coefficient (Wildman–Crippen LogP) is 5.54. The number of rotatable bonds is 5. The first-order valence-corrected chi connectivity index (χ1v) is 9.50. The van der Waals surface area contributed by atoms with Crippen molar-refractivity contribution in [3.05, 3.63) is 34.3 Å². The molecule has 0 saturated heterocycles. The first-order chi connectivity index (χ1) is 9.60. The fourth-order valence-electron chi connectivity index (χ4n) is 3.00. The molecular formula is C17H26BrNS. The van der Waals surface area contributed by atoms with Gasteiger partial charge in [0.2, 0.25) is 0 Å². The van der Waals surface area contributed by atoms with Crippen LogP contribution in [0.4, 0.5) is 0 Å². The Morgan fingerprint density at radius 3 is 2.60 bits per heavy atom. The zero-order valence-corrected chi connectivity index (χ0v) is 14.9. The van der Waals surface area contributed by atoms with Gasteiger partial charge in [0.15, 0.2) is 0 Å². The van der Waals surface area contributed by atoms with Crippen molar-refractivity contribution in [1.82, 2.24) is 0 Å². The third-order valence-corrected chi connectivity index (χ3v) is 6.54. The Labute approximate surface area is 136 Å². The maximum Gasteiger partial charge on any atom is 0.0451 e. The van der Waals surface area contributed by atoms with Crippen LogP contribution in [-0.4, -0.2) is 11.3 Å². The van der Waals surface area contributed by atoms with Gasteiger partial charge >= 0.3 is 0 Å². The molecule has 4 unspecified atom stereocenters. The van der Waals surface area contributed by atoms with Crippen molar-refractivity contribution in [2.24, 2.45) is 11.7 Å². The average molecular weight is 356 g/mol. The number of benzene rings is 1. The Bertz CT molecular complexity index is 406. The van der Waals surface area contributed by atoms with Crippen LogP contribution in [0.1, 0.15) is 56.8 Å². The van der Waals surface area contributed by atoms with Crippen LogP contribution in [0.15, 0.2) is 28.7 Å². The summed E-state index contributed by atoms with van der Waals surface area (Å²) in [6, 6.07) is 8.97. The van der Waals surface area contributed by atoms with Gasteiger partial charge in [-0.05, 0) is 42.9 Å². The number of thioether (sulfide) groups is 1.